The van der Waals surface area contributed by atoms with E-state index in [1.165, 1.54) is 17.5 Å². The fourth-order valence-corrected chi connectivity index (χ4v) is 3.48. The number of hydrogen-bond acceptors (Lipinski definition) is 6. The number of aromatic carboxylic acids is 1. The molecule has 2 aromatic heterocycles. The van der Waals surface area contributed by atoms with Crippen LogP contribution >= 0.6 is 11.3 Å². The van der Waals surface area contributed by atoms with Crippen molar-refractivity contribution in [1.82, 2.24) is 9.55 Å². The van der Waals surface area contributed by atoms with Gasteiger partial charge < -0.3 is 19.3 Å². The molecule has 21 heavy (non-hydrogen) atoms. The zero-order valence-corrected chi connectivity index (χ0v) is 12.4. The Kier molecular flexibility index (Phi) is 3.64. The fourth-order valence-electron chi connectivity index (χ4n) is 2.32. The molecule has 1 aliphatic rings. The molecular weight excluding hydrogens is 294 g/mol. The first-order chi connectivity index (χ1) is 10.1. The normalized spacial score (nSPS) is 15.6. The van der Waals surface area contributed by atoms with Crippen LogP contribution in [0.3, 0.4) is 0 Å². The van der Waals surface area contributed by atoms with E-state index in [4.69, 9.17) is 9.84 Å². The number of carboxylic acid groups (broad SMARTS) is 1. The number of aromatic nitrogens is 2. The monoisotopic (exact) mass is 309 g/mol. The van der Waals surface area contributed by atoms with E-state index in [1.807, 2.05) is 6.92 Å². The van der Waals surface area contributed by atoms with Gasteiger partial charge in [-0.3, -0.25) is 4.79 Å². The molecule has 0 saturated carbocycles. The lowest BCUT2D eigenvalue weighted by molar-refractivity contribution is 0.0695. The Labute approximate surface area is 124 Å². The van der Waals surface area contributed by atoms with E-state index in [0.717, 1.165) is 18.2 Å². The number of ether oxygens (including phenoxy) is 1. The maximum absolute atomic E-state index is 12.2. The van der Waals surface area contributed by atoms with Gasteiger partial charge in [0.2, 0.25) is 5.43 Å². The van der Waals surface area contributed by atoms with Gasteiger partial charge in [0.1, 0.15) is 15.9 Å². The first kappa shape index (κ1) is 14.0. The molecule has 0 bridgehead atoms. The van der Waals surface area contributed by atoms with E-state index >= 15 is 0 Å². The van der Waals surface area contributed by atoms with E-state index in [9.17, 15) is 9.59 Å². The van der Waals surface area contributed by atoms with Crippen molar-refractivity contribution >= 4 is 32.8 Å². The number of nitrogens with zero attached hydrogens (tertiary/aromatic N) is 3. The topological polar surface area (TPSA) is 84.7 Å². The Morgan fingerprint density at radius 2 is 2.19 bits per heavy atom. The zero-order valence-electron chi connectivity index (χ0n) is 11.5. The number of thiazole rings is 1. The molecule has 1 aliphatic heterocycles. The Balaban J connectivity index is 2.17. The second-order valence-corrected chi connectivity index (χ2v) is 5.67. The average molecular weight is 309 g/mol. The average Bonchev–Trinajstić information content (AvgIpc) is 2.94. The summed E-state index contributed by atoms with van der Waals surface area (Å²) in [6.45, 7) is 5.21. The molecular formula is C13H15N3O4S. The van der Waals surface area contributed by atoms with Crippen molar-refractivity contribution in [2.24, 2.45) is 0 Å². The molecule has 0 unspecified atom stereocenters. The predicted octanol–water partition coefficient (Wildman–Crippen LogP) is 1.01. The number of pyridine rings is 1. The molecule has 0 aromatic carbocycles. The Bertz CT molecular complexity index is 746. The number of morpholine rings is 1. The molecule has 0 radical (unpaired) electrons. The van der Waals surface area contributed by atoms with Gasteiger partial charge in [-0.1, -0.05) is 11.3 Å². The highest BCUT2D eigenvalue weighted by Gasteiger charge is 2.21. The van der Waals surface area contributed by atoms with E-state index in [2.05, 4.69) is 9.88 Å². The summed E-state index contributed by atoms with van der Waals surface area (Å²) < 4.78 is 7.07. The number of anilines is 1. The summed E-state index contributed by atoms with van der Waals surface area (Å²) >= 11 is 1.42. The molecule has 0 spiro atoms. The summed E-state index contributed by atoms with van der Waals surface area (Å²) in [5.74, 6) is -1.22. The van der Waals surface area contributed by atoms with Crippen LogP contribution in [0.25, 0.3) is 10.3 Å². The largest absolute Gasteiger partial charge is 0.477 e. The molecule has 8 heteroatoms. The third kappa shape index (κ3) is 2.40. The first-order valence-corrected chi connectivity index (χ1v) is 7.53. The van der Waals surface area contributed by atoms with Crippen LogP contribution in [0.4, 0.5) is 5.13 Å². The summed E-state index contributed by atoms with van der Waals surface area (Å²) in [7, 11) is 0. The van der Waals surface area contributed by atoms with Crippen molar-refractivity contribution in [2.45, 2.75) is 13.5 Å². The highest BCUT2D eigenvalue weighted by atomic mass is 32.1. The third-order valence-corrected chi connectivity index (χ3v) is 4.61. The van der Waals surface area contributed by atoms with Crippen LogP contribution in [-0.4, -0.2) is 46.9 Å². The number of aryl methyl sites for hydroxylation is 1. The van der Waals surface area contributed by atoms with Gasteiger partial charge in [-0.25, -0.2) is 9.78 Å². The minimum absolute atomic E-state index is 0.233. The van der Waals surface area contributed by atoms with Crippen LogP contribution < -0.4 is 10.3 Å². The van der Waals surface area contributed by atoms with Gasteiger partial charge >= 0.3 is 5.97 Å². The van der Waals surface area contributed by atoms with Crippen molar-refractivity contribution in [3.8, 4) is 0 Å². The summed E-state index contributed by atoms with van der Waals surface area (Å²) in [6.07, 6.45) is 1.40. The van der Waals surface area contributed by atoms with Crippen molar-refractivity contribution in [2.75, 3.05) is 31.2 Å². The molecule has 1 saturated heterocycles. The SMILES string of the molecule is CCn1cc(C(=O)O)c(=O)c2nc(N3CCOCC3)sc21. The van der Waals surface area contributed by atoms with E-state index < -0.39 is 11.4 Å². The minimum atomic E-state index is -1.22. The second kappa shape index (κ2) is 5.45. The second-order valence-electron chi connectivity index (χ2n) is 4.71. The molecule has 3 heterocycles. The lowest BCUT2D eigenvalue weighted by atomic mass is 10.2. The Morgan fingerprint density at radius 3 is 2.81 bits per heavy atom. The summed E-state index contributed by atoms with van der Waals surface area (Å²) in [5, 5.41) is 9.88. The molecule has 2 aromatic rings. The Hall–Kier alpha value is -1.93. The van der Waals surface area contributed by atoms with Gasteiger partial charge in [-0.2, -0.15) is 0 Å². The molecule has 1 N–H and O–H groups in total. The standard InChI is InChI=1S/C13H15N3O4S/c1-2-15-7-8(12(18)19)10(17)9-11(15)21-13(14-9)16-3-5-20-6-4-16/h7H,2-6H2,1H3,(H,18,19). The maximum atomic E-state index is 12.2. The van der Waals surface area contributed by atoms with Crippen LogP contribution in [0.2, 0.25) is 0 Å². The molecule has 112 valence electrons. The predicted molar refractivity (Wildman–Crippen MR) is 79.5 cm³/mol. The maximum Gasteiger partial charge on any atom is 0.341 e. The highest BCUT2D eigenvalue weighted by Crippen LogP contribution is 2.28. The number of carbonyl (C=O) groups is 1. The van der Waals surface area contributed by atoms with E-state index in [1.54, 1.807) is 4.57 Å². The van der Waals surface area contributed by atoms with Crippen LogP contribution in [0.15, 0.2) is 11.0 Å². The lowest BCUT2D eigenvalue weighted by Gasteiger charge is -2.25. The number of carboxylic acids is 1. The molecule has 0 atom stereocenters. The molecule has 0 amide bonds. The Morgan fingerprint density at radius 1 is 1.48 bits per heavy atom. The van der Waals surface area contributed by atoms with Gasteiger partial charge in [-0.05, 0) is 6.92 Å². The molecule has 7 nitrogen and oxygen atoms in total. The van der Waals surface area contributed by atoms with Crippen LogP contribution in [0, 0.1) is 0 Å². The zero-order chi connectivity index (χ0) is 15.0. The smallest absolute Gasteiger partial charge is 0.341 e. The third-order valence-electron chi connectivity index (χ3n) is 3.46. The number of fused-ring (bicyclic) bond motifs is 1. The van der Waals surface area contributed by atoms with Gasteiger partial charge in [-0.15, -0.1) is 0 Å². The van der Waals surface area contributed by atoms with Crippen molar-refractivity contribution in [3.05, 3.63) is 22.0 Å². The van der Waals surface area contributed by atoms with Crippen molar-refractivity contribution in [3.63, 3.8) is 0 Å². The minimum Gasteiger partial charge on any atom is -0.477 e. The quantitative estimate of drug-likeness (QED) is 0.911. The van der Waals surface area contributed by atoms with Crippen molar-refractivity contribution in [1.29, 1.82) is 0 Å². The van der Waals surface area contributed by atoms with Gasteiger partial charge in [0.05, 0.1) is 13.2 Å². The van der Waals surface area contributed by atoms with E-state index in [0.29, 0.717) is 24.6 Å². The fraction of sp³-hybridized carbons (Fsp3) is 0.462. The number of rotatable bonds is 3. The molecule has 1 fully saturated rings. The summed E-state index contributed by atoms with van der Waals surface area (Å²) in [6, 6.07) is 0. The first-order valence-electron chi connectivity index (χ1n) is 6.71. The van der Waals surface area contributed by atoms with E-state index in [-0.39, 0.29) is 11.1 Å². The molecule has 3 rings (SSSR count). The lowest BCUT2D eigenvalue weighted by Crippen LogP contribution is -2.36. The number of hydrogen-bond donors (Lipinski definition) is 1. The van der Waals surface area contributed by atoms with Crippen molar-refractivity contribution < 1.29 is 14.6 Å². The van der Waals surface area contributed by atoms with Gasteiger partial charge in [0.15, 0.2) is 5.13 Å². The summed E-state index contributed by atoms with van der Waals surface area (Å²) in [4.78, 5) is 30.6. The highest BCUT2D eigenvalue weighted by molar-refractivity contribution is 7.21. The summed E-state index contributed by atoms with van der Waals surface area (Å²) in [5.41, 5.74) is -0.510. The van der Waals surface area contributed by atoms with Crippen LogP contribution in [0.5, 0.6) is 0 Å². The van der Waals surface area contributed by atoms with Crippen LogP contribution in [0.1, 0.15) is 17.3 Å². The van der Waals surface area contributed by atoms with Gasteiger partial charge in [0, 0.05) is 25.8 Å². The molecule has 0 aliphatic carbocycles. The van der Waals surface area contributed by atoms with Gasteiger partial charge in [0.25, 0.3) is 0 Å². The van der Waals surface area contributed by atoms with Crippen LogP contribution in [-0.2, 0) is 11.3 Å².